The second kappa shape index (κ2) is 10.2. The molecular formula is C29H27ClN6O3. The lowest BCUT2D eigenvalue weighted by molar-refractivity contribution is -0.120. The molecule has 0 saturated carbocycles. The number of benzene rings is 2. The molecule has 3 amide bonds. The minimum absolute atomic E-state index is 0.0937. The van der Waals surface area contributed by atoms with Crippen LogP contribution in [0.4, 0.5) is 10.6 Å². The van der Waals surface area contributed by atoms with Crippen molar-refractivity contribution in [2.75, 3.05) is 11.4 Å². The largest absolute Gasteiger partial charge is 0.329 e. The number of halogens is 1. The van der Waals surface area contributed by atoms with Crippen LogP contribution < -0.4 is 15.8 Å². The van der Waals surface area contributed by atoms with E-state index in [4.69, 9.17) is 11.6 Å². The summed E-state index contributed by atoms with van der Waals surface area (Å²) in [7, 11) is 1.87. The van der Waals surface area contributed by atoms with Gasteiger partial charge in [0.25, 0.3) is 5.56 Å². The zero-order valence-corrected chi connectivity index (χ0v) is 22.2. The maximum Gasteiger partial charge on any atom is 0.329 e. The molecule has 2 aliphatic heterocycles. The number of fused-ring (bicyclic) bond motifs is 1. The average molecular weight is 543 g/mol. The molecule has 10 heteroatoms. The van der Waals surface area contributed by atoms with Crippen LogP contribution in [0.2, 0.25) is 5.02 Å². The van der Waals surface area contributed by atoms with Gasteiger partial charge in [0.2, 0.25) is 5.91 Å². The number of hydrogen-bond acceptors (Lipinski definition) is 5. The molecule has 1 saturated heterocycles. The van der Waals surface area contributed by atoms with Gasteiger partial charge in [-0.05, 0) is 34.9 Å². The topological polar surface area (TPSA) is 103 Å². The fourth-order valence-corrected chi connectivity index (χ4v) is 5.48. The van der Waals surface area contributed by atoms with Gasteiger partial charge in [-0.15, -0.1) is 0 Å². The van der Waals surface area contributed by atoms with E-state index >= 15 is 0 Å². The van der Waals surface area contributed by atoms with Crippen molar-refractivity contribution in [3.8, 4) is 11.4 Å². The molecule has 0 radical (unpaired) electrons. The van der Waals surface area contributed by atoms with E-state index in [1.54, 1.807) is 6.20 Å². The highest BCUT2D eigenvalue weighted by atomic mass is 35.5. The summed E-state index contributed by atoms with van der Waals surface area (Å²) in [5.41, 5.74) is 5.78. The first-order valence-corrected chi connectivity index (χ1v) is 13.2. The highest BCUT2D eigenvalue weighted by Gasteiger charge is 2.27. The van der Waals surface area contributed by atoms with Gasteiger partial charge in [-0.1, -0.05) is 48.0 Å². The Morgan fingerprint density at radius 3 is 2.59 bits per heavy atom. The number of carbonyl (C=O) groups excluding carboxylic acids is 2. The van der Waals surface area contributed by atoms with Crippen LogP contribution in [0.3, 0.4) is 0 Å². The monoisotopic (exact) mass is 542 g/mol. The van der Waals surface area contributed by atoms with Crippen LogP contribution in [0.1, 0.15) is 34.4 Å². The Hall–Kier alpha value is -4.21. The molecule has 4 aromatic rings. The summed E-state index contributed by atoms with van der Waals surface area (Å²) in [6, 6.07) is 17.3. The molecule has 2 aliphatic rings. The molecule has 0 unspecified atom stereocenters. The lowest BCUT2D eigenvalue weighted by Crippen LogP contribution is -2.50. The van der Waals surface area contributed by atoms with E-state index in [2.05, 4.69) is 32.3 Å². The Bertz CT molecular complexity index is 1660. The maximum atomic E-state index is 12.8. The third-order valence-electron chi connectivity index (χ3n) is 7.33. The fourth-order valence-electron chi connectivity index (χ4n) is 5.28. The Labute approximate surface area is 230 Å². The zero-order valence-electron chi connectivity index (χ0n) is 21.4. The molecule has 2 N–H and O–H groups in total. The number of imide groups is 1. The van der Waals surface area contributed by atoms with Gasteiger partial charge in [-0.25, -0.2) is 9.78 Å². The molecule has 0 atom stereocenters. The highest BCUT2D eigenvalue weighted by molar-refractivity contribution is 6.31. The van der Waals surface area contributed by atoms with Crippen molar-refractivity contribution < 1.29 is 9.59 Å². The summed E-state index contributed by atoms with van der Waals surface area (Å²) in [5.74, 6) is 1.12. The standard InChI is InChI=1S/C29H27ClN6O3/c1-34-26(36-11-10-25(37)33-29(36)39)14-31-27(34)19-6-7-21-15-35(16-22(21)13-19)17-23-9-8-20(28(38)32-23)12-18-4-2-3-5-24(18)30/h2-9,13-14H,10-12,15-17H2,1H3,(H,32,38)(H,33,37,39). The van der Waals surface area contributed by atoms with E-state index < -0.39 is 6.03 Å². The van der Waals surface area contributed by atoms with Gasteiger partial charge in [0.05, 0.1) is 6.20 Å². The van der Waals surface area contributed by atoms with Crippen molar-refractivity contribution in [2.45, 2.75) is 32.5 Å². The van der Waals surface area contributed by atoms with Crippen LogP contribution in [0.15, 0.2) is 65.6 Å². The molecule has 4 heterocycles. The summed E-state index contributed by atoms with van der Waals surface area (Å²) < 4.78 is 1.87. The van der Waals surface area contributed by atoms with E-state index in [0.29, 0.717) is 35.9 Å². The van der Waals surface area contributed by atoms with E-state index in [1.807, 2.05) is 54.1 Å². The minimum atomic E-state index is -0.430. The van der Waals surface area contributed by atoms with Gasteiger partial charge in [0.15, 0.2) is 0 Å². The first-order valence-electron chi connectivity index (χ1n) is 12.8. The van der Waals surface area contributed by atoms with Crippen molar-refractivity contribution >= 4 is 29.4 Å². The fraction of sp³-hybridized carbons (Fsp3) is 0.241. The summed E-state index contributed by atoms with van der Waals surface area (Å²) in [6.45, 7) is 2.49. The van der Waals surface area contributed by atoms with Crippen LogP contribution in [-0.4, -0.2) is 37.9 Å². The van der Waals surface area contributed by atoms with Crippen LogP contribution in [0, 0.1) is 0 Å². The number of urea groups is 1. The molecule has 6 rings (SSSR count). The highest BCUT2D eigenvalue weighted by Crippen LogP contribution is 2.30. The molecular weight excluding hydrogens is 516 g/mol. The molecule has 198 valence electrons. The van der Waals surface area contributed by atoms with Crippen molar-refractivity contribution in [2.24, 2.45) is 7.05 Å². The van der Waals surface area contributed by atoms with Crippen LogP contribution >= 0.6 is 11.6 Å². The summed E-state index contributed by atoms with van der Waals surface area (Å²) in [5, 5.41) is 3.01. The smallest absolute Gasteiger partial charge is 0.325 e. The maximum absolute atomic E-state index is 12.8. The number of hydrogen-bond donors (Lipinski definition) is 2. The summed E-state index contributed by atoms with van der Waals surface area (Å²) >= 11 is 6.27. The minimum Gasteiger partial charge on any atom is -0.325 e. The first-order chi connectivity index (χ1) is 18.9. The predicted molar refractivity (Wildman–Crippen MR) is 148 cm³/mol. The molecule has 0 aliphatic carbocycles. The third kappa shape index (κ3) is 4.98. The van der Waals surface area contributed by atoms with E-state index in [1.165, 1.54) is 16.0 Å². The number of aromatic amines is 1. The SMILES string of the molecule is Cn1c(N2CCC(=O)NC2=O)cnc1-c1ccc2c(c1)CN(Cc1ccc(Cc3ccccc3Cl)c(=O)[nH]1)C2. The summed E-state index contributed by atoms with van der Waals surface area (Å²) in [4.78, 5) is 48.0. The Balaban J connectivity index is 1.15. The van der Waals surface area contributed by atoms with E-state index in [9.17, 15) is 14.4 Å². The van der Waals surface area contributed by atoms with Gasteiger partial charge >= 0.3 is 6.03 Å². The quantitative estimate of drug-likeness (QED) is 0.383. The number of aromatic nitrogens is 3. The molecule has 2 aromatic carbocycles. The molecule has 39 heavy (non-hydrogen) atoms. The Morgan fingerprint density at radius 1 is 0.974 bits per heavy atom. The van der Waals surface area contributed by atoms with Crippen LogP contribution in [0.25, 0.3) is 11.4 Å². The molecule has 0 spiro atoms. The van der Waals surface area contributed by atoms with E-state index in [0.717, 1.165) is 35.7 Å². The number of nitrogens with zero attached hydrogens (tertiary/aromatic N) is 4. The second-order valence-electron chi connectivity index (χ2n) is 9.99. The predicted octanol–water partition coefficient (Wildman–Crippen LogP) is 3.98. The summed E-state index contributed by atoms with van der Waals surface area (Å²) in [6.07, 6.45) is 2.41. The Morgan fingerprint density at radius 2 is 1.79 bits per heavy atom. The van der Waals surface area contributed by atoms with Crippen molar-refractivity contribution in [3.63, 3.8) is 0 Å². The number of imidazole rings is 1. The van der Waals surface area contributed by atoms with Crippen LogP contribution in [-0.2, 0) is 37.9 Å². The lowest BCUT2D eigenvalue weighted by Gasteiger charge is -2.26. The van der Waals surface area contributed by atoms with Crippen LogP contribution in [0.5, 0.6) is 0 Å². The average Bonchev–Trinajstić information content (AvgIpc) is 3.49. The van der Waals surface area contributed by atoms with Crippen molar-refractivity contribution in [1.82, 2.24) is 24.8 Å². The lowest BCUT2D eigenvalue weighted by atomic mass is 10.1. The van der Waals surface area contributed by atoms with Gasteiger partial charge in [-0.3, -0.25) is 24.7 Å². The van der Waals surface area contributed by atoms with Crippen molar-refractivity contribution in [3.05, 3.63) is 104 Å². The number of pyridine rings is 1. The molecule has 0 bridgehead atoms. The third-order valence-corrected chi connectivity index (χ3v) is 7.70. The number of H-pyrrole nitrogens is 1. The molecule has 2 aromatic heterocycles. The number of anilines is 1. The number of carbonyl (C=O) groups is 2. The van der Waals surface area contributed by atoms with Crippen molar-refractivity contribution in [1.29, 1.82) is 0 Å². The van der Waals surface area contributed by atoms with Gasteiger partial charge in [-0.2, -0.15) is 0 Å². The van der Waals surface area contributed by atoms with E-state index in [-0.39, 0.29) is 17.9 Å². The van der Waals surface area contributed by atoms with Gasteiger partial charge in [0.1, 0.15) is 11.6 Å². The number of rotatable bonds is 6. The Kier molecular flexibility index (Phi) is 6.54. The first kappa shape index (κ1) is 25.1. The van der Waals surface area contributed by atoms with Gasteiger partial charge in [0, 0.05) is 67.9 Å². The zero-order chi connectivity index (χ0) is 27.1. The normalized spacial score (nSPS) is 15.5. The molecule has 9 nitrogen and oxygen atoms in total. The number of amides is 3. The van der Waals surface area contributed by atoms with Gasteiger partial charge < -0.3 is 9.55 Å². The molecule has 1 fully saturated rings. The second-order valence-corrected chi connectivity index (χ2v) is 10.4. The number of nitrogens with one attached hydrogen (secondary N) is 2.